The van der Waals surface area contributed by atoms with E-state index in [-0.39, 0.29) is 0 Å². The first kappa shape index (κ1) is 13.2. The van der Waals surface area contributed by atoms with Gasteiger partial charge in [-0.15, -0.1) is 11.8 Å². The number of anilines is 1. The van der Waals surface area contributed by atoms with Gasteiger partial charge in [-0.3, -0.25) is 0 Å². The van der Waals surface area contributed by atoms with E-state index in [1.165, 1.54) is 17.0 Å². The zero-order valence-electron chi connectivity index (χ0n) is 10.5. The largest absolute Gasteiger partial charge is 0.370 e. The molecule has 0 fully saturated rings. The first-order valence-electron chi connectivity index (χ1n) is 5.97. The summed E-state index contributed by atoms with van der Waals surface area (Å²) in [6.45, 7) is 3.40. The molecule has 0 saturated carbocycles. The second-order valence-corrected chi connectivity index (χ2v) is 6.71. The zero-order valence-corrected chi connectivity index (χ0v) is 12.9. The van der Waals surface area contributed by atoms with E-state index in [1.54, 1.807) is 0 Å². The Kier molecular flexibility index (Phi) is 4.39. The van der Waals surface area contributed by atoms with E-state index in [1.807, 2.05) is 18.8 Å². The summed E-state index contributed by atoms with van der Waals surface area (Å²) < 4.78 is 1.16. The monoisotopic (exact) mass is 314 g/mol. The van der Waals surface area contributed by atoms with Gasteiger partial charge in [-0.05, 0) is 45.1 Å². The number of nitrogens with one attached hydrogen (secondary N) is 1. The lowest BCUT2D eigenvalue weighted by atomic mass is 10.1. The molecule has 1 heterocycles. The van der Waals surface area contributed by atoms with Gasteiger partial charge in [0.2, 0.25) is 0 Å². The van der Waals surface area contributed by atoms with E-state index in [0.717, 1.165) is 11.0 Å². The van der Waals surface area contributed by atoms with Crippen LogP contribution in [0.2, 0.25) is 0 Å². The minimum Gasteiger partial charge on any atom is -0.370 e. The summed E-state index contributed by atoms with van der Waals surface area (Å²) in [6, 6.07) is 7.15. The first-order valence-corrected chi connectivity index (χ1v) is 7.64. The molecular weight excluding hydrogens is 296 g/mol. The van der Waals surface area contributed by atoms with Crippen molar-refractivity contribution in [2.75, 3.05) is 25.5 Å². The average Bonchev–Trinajstić information content (AvgIpc) is 2.33. The molecule has 1 aromatic carbocycles. The van der Waals surface area contributed by atoms with E-state index < -0.39 is 0 Å². The van der Waals surface area contributed by atoms with Crippen LogP contribution in [-0.2, 0) is 0 Å². The molecule has 4 heteroatoms. The second kappa shape index (κ2) is 5.63. The molecule has 17 heavy (non-hydrogen) atoms. The molecule has 1 aliphatic rings. The quantitative estimate of drug-likeness (QED) is 0.921. The SMILES string of the molecule is CNCCC1Sc2ccc(Br)cc2N(C)C1C. The van der Waals surface area contributed by atoms with Gasteiger partial charge in [0.25, 0.3) is 0 Å². The lowest BCUT2D eigenvalue weighted by Crippen LogP contribution is -2.41. The first-order chi connectivity index (χ1) is 8.13. The van der Waals surface area contributed by atoms with Gasteiger partial charge in [0.15, 0.2) is 0 Å². The van der Waals surface area contributed by atoms with Crippen LogP contribution < -0.4 is 10.2 Å². The Morgan fingerprint density at radius 2 is 2.24 bits per heavy atom. The molecule has 1 aliphatic heterocycles. The van der Waals surface area contributed by atoms with Crippen molar-refractivity contribution in [1.29, 1.82) is 0 Å². The number of fused-ring (bicyclic) bond motifs is 1. The van der Waals surface area contributed by atoms with Crippen molar-refractivity contribution < 1.29 is 0 Å². The molecule has 0 aliphatic carbocycles. The highest BCUT2D eigenvalue weighted by atomic mass is 79.9. The average molecular weight is 315 g/mol. The van der Waals surface area contributed by atoms with Crippen LogP contribution in [0, 0.1) is 0 Å². The summed E-state index contributed by atoms with van der Waals surface area (Å²) in [5.41, 5.74) is 1.34. The second-order valence-electron chi connectivity index (χ2n) is 4.51. The molecule has 1 N–H and O–H groups in total. The Morgan fingerprint density at radius 1 is 1.47 bits per heavy atom. The molecule has 2 unspecified atom stereocenters. The highest BCUT2D eigenvalue weighted by Gasteiger charge is 2.29. The van der Waals surface area contributed by atoms with E-state index in [4.69, 9.17) is 0 Å². The Bertz CT molecular complexity index is 397. The third kappa shape index (κ3) is 2.80. The number of nitrogens with zero attached hydrogens (tertiary/aromatic N) is 1. The molecule has 0 spiro atoms. The van der Waals surface area contributed by atoms with Crippen LogP contribution in [0.15, 0.2) is 27.6 Å². The standard InChI is InChI=1S/C13H19BrN2S/c1-9-12(6-7-15-2)17-13-5-4-10(14)8-11(13)16(9)3/h4-5,8-9,12,15H,6-7H2,1-3H3. The van der Waals surface area contributed by atoms with Gasteiger partial charge in [-0.25, -0.2) is 0 Å². The molecule has 0 bridgehead atoms. The Labute approximate surface area is 116 Å². The maximum atomic E-state index is 3.55. The molecule has 0 aromatic heterocycles. The van der Waals surface area contributed by atoms with E-state index in [2.05, 4.69) is 58.3 Å². The van der Waals surface area contributed by atoms with Gasteiger partial charge in [-0.2, -0.15) is 0 Å². The number of rotatable bonds is 3. The molecule has 2 nitrogen and oxygen atoms in total. The van der Waals surface area contributed by atoms with Gasteiger partial charge in [0.1, 0.15) is 0 Å². The molecule has 1 aromatic rings. The van der Waals surface area contributed by atoms with Gasteiger partial charge in [-0.1, -0.05) is 15.9 Å². The number of thioether (sulfide) groups is 1. The van der Waals surface area contributed by atoms with Crippen molar-refractivity contribution in [3.05, 3.63) is 22.7 Å². The Hall–Kier alpha value is -0.190. The van der Waals surface area contributed by atoms with Gasteiger partial charge >= 0.3 is 0 Å². The highest BCUT2D eigenvalue weighted by molar-refractivity contribution is 9.10. The summed E-state index contributed by atoms with van der Waals surface area (Å²) in [4.78, 5) is 3.80. The molecule has 0 saturated heterocycles. The van der Waals surface area contributed by atoms with E-state index in [0.29, 0.717) is 11.3 Å². The van der Waals surface area contributed by atoms with Gasteiger partial charge in [0.05, 0.1) is 5.69 Å². The van der Waals surface area contributed by atoms with Crippen molar-refractivity contribution in [3.8, 4) is 0 Å². The van der Waals surface area contributed by atoms with Crippen molar-refractivity contribution >= 4 is 33.4 Å². The van der Waals surface area contributed by atoms with Crippen LogP contribution in [0.25, 0.3) is 0 Å². The fourth-order valence-electron chi connectivity index (χ4n) is 2.18. The minimum absolute atomic E-state index is 0.579. The van der Waals surface area contributed by atoms with Crippen molar-refractivity contribution in [2.24, 2.45) is 0 Å². The minimum atomic E-state index is 0.579. The Balaban J connectivity index is 2.22. The van der Waals surface area contributed by atoms with Crippen molar-refractivity contribution in [3.63, 3.8) is 0 Å². The third-order valence-electron chi connectivity index (χ3n) is 3.41. The lowest BCUT2D eigenvalue weighted by molar-refractivity contribution is 0.583. The summed E-state index contributed by atoms with van der Waals surface area (Å²) in [7, 11) is 4.22. The number of benzene rings is 1. The summed E-state index contributed by atoms with van der Waals surface area (Å²) >= 11 is 5.56. The fraction of sp³-hybridized carbons (Fsp3) is 0.538. The summed E-state index contributed by atoms with van der Waals surface area (Å²) in [5, 5.41) is 3.91. The topological polar surface area (TPSA) is 15.3 Å². The van der Waals surface area contributed by atoms with Gasteiger partial charge < -0.3 is 10.2 Å². The number of hydrogen-bond acceptors (Lipinski definition) is 3. The van der Waals surface area contributed by atoms with Crippen molar-refractivity contribution in [1.82, 2.24) is 5.32 Å². The lowest BCUT2D eigenvalue weighted by Gasteiger charge is -2.39. The van der Waals surface area contributed by atoms with E-state index >= 15 is 0 Å². The molecular formula is C13H19BrN2S. The van der Waals surface area contributed by atoms with Crippen LogP contribution in [0.5, 0.6) is 0 Å². The predicted octanol–water partition coefficient (Wildman–Crippen LogP) is 3.36. The maximum Gasteiger partial charge on any atom is 0.0516 e. The summed E-state index contributed by atoms with van der Waals surface area (Å²) in [5.74, 6) is 0. The van der Waals surface area contributed by atoms with Gasteiger partial charge in [0, 0.05) is 27.7 Å². The molecule has 94 valence electrons. The number of hydrogen-bond donors (Lipinski definition) is 1. The molecule has 0 amide bonds. The highest BCUT2D eigenvalue weighted by Crippen LogP contribution is 2.42. The molecule has 2 rings (SSSR count). The summed E-state index contributed by atoms with van der Waals surface area (Å²) in [6.07, 6.45) is 1.21. The molecule has 2 atom stereocenters. The fourth-order valence-corrected chi connectivity index (χ4v) is 3.94. The third-order valence-corrected chi connectivity index (χ3v) is 5.43. The van der Waals surface area contributed by atoms with E-state index in [9.17, 15) is 0 Å². The maximum absolute atomic E-state index is 3.55. The van der Waals surface area contributed by atoms with Crippen LogP contribution >= 0.6 is 27.7 Å². The smallest absolute Gasteiger partial charge is 0.0516 e. The normalized spacial score (nSPS) is 23.6. The van der Waals surface area contributed by atoms with Crippen molar-refractivity contribution in [2.45, 2.75) is 29.5 Å². The Morgan fingerprint density at radius 3 is 2.94 bits per heavy atom. The van der Waals surface area contributed by atoms with Crippen LogP contribution in [0.1, 0.15) is 13.3 Å². The predicted molar refractivity (Wildman–Crippen MR) is 80.2 cm³/mol. The molecule has 0 radical (unpaired) electrons. The van der Waals surface area contributed by atoms with Crippen LogP contribution in [0.4, 0.5) is 5.69 Å². The number of halogens is 1. The zero-order chi connectivity index (χ0) is 12.4. The van der Waals surface area contributed by atoms with Crippen LogP contribution in [0.3, 0.4) is 0 Å². The van der Waals surface area contributed by atoms with Crippen LogP contribution in [-0.4, -0.2) is 31.9 Å².